The molecule has 0 N–H and O–H groups in total. The van der Waals surface area contributed by atoms with Crippen LogP contribution in [0.2, 0.25) is 25.7 Å². The molecule has 37 heavy (non-hydrogen) atoms. The van der Waals surface area contributed by atoms with E-state index >= 15 is 0 Å². The van der Waals surface area contributed by atoms with Gasteiger partial charge in [-0.1, -0.05) is 37.8 Å². The summed E-state index contributed by atoms with van der Waals surface area (Å²) in [5.41, 5.74) is 0.685. The van der Waals surface area contributed by atoms with Gasteiger partial charge in [-0.25, -0.2) is 13.8 Å². The summed E-state index contributed by atoms with van der Waals surface area (Å²) in [6, 6.07) is 13.2. The van der Waals surface area contributed by atoms with Gasteiger partial charge in [0.1, 0.15) is 23.9 Å². The quantitative estimate of drug-likeness (QED) is 0.0839. The lowest BCUT2D eigenvalue weighted by Crippen LogP contribution is -2.22. The van der Waals surface area contributed by atoms with Gasteiger partial charge >= 0.3 is 5.97 Å². The van der Waals surface area contributed by atoms with Gasteiger partial charge in [-0.15, -0.1) is 0 Å². The first kappa shape index (κ1) is 27.0. The number of fused-ring (bicyclic) bond motifs is 1. The molecule has 0 saturated heterocycles. The third-order valence-corrected chi connectivity index (χ3v) is 7.80. The molecule has 4 aromatic rings. The molecule has 194 valence electrons. The Bertz CT molecular complexity index is 1380. The number of hydrogen-bond acceptors (Lipinski definition) is 5. The topological polar surface area (TPSA) is 62.6 Å². The van der Waals surface area contributed by atoms with Gasteiger partial charge in [0.25, 0.3) is 0 Å². The summed E-state index contributed by atoms with van der Waals surface area (Å²) in [7, 11) is -1.21. The number of aromatic nitrogens is 2. The molecule has 0 aliphatic heterocycles. The SMILES string of the molecule is C[Si](C)(C)CCOCn1cc(Br)c2c(Oc3c(F)cc(CC(=O)Oc4ccccc4)cc3F)ccnc21. The Kier molecular flexibility index (Phi) is 8.41. The molecule has 10 heteroatoms. The first-order chi connectivity index (χ1) is 17.6. The number of rotatable bonds is 10. The van der Waals surface area contributed by atoms with Crippen LogP contribution in [0.25, 0.3) is 11.0 Å². The molecule has 0 saturated carbocycles. The highest BCUT2D eigenvalue weighted by Crippen LogP contribution is 2.37. The van der Waals surface area contributed by atoms with E-state index in [2.05, 4.69) is 40.6 Å². The van der Waals surface area contributed by atoms with Crippen LogP contribution in [0.5, 0.6) is 17.2 Å². The van der Waals surface area contributed by atoms with E-state index in [0.717, 1.165) is 18.2 Å². The van der Waals surface area contributed by atoms with Crippen LogP contribution < -0.4 is 9.47 Å². The Balaban J connectivity index is 1.50. The van der Waals surface area contributed by atoms with E-state index in [4.69, 9.17) is 14.2 Å². The molecule has 0 bridgehead atoms. The number of esters is 1. The zero-order valence-electron chi connectivity index (χ0n) is 20.8. The van der Waals surface area contributed by atoms with Crippen LogP contribution >= 0.6 is 15.9 Å². The molecule has 0 fully saturated rings. The van der Waals surface area contributed by atoms with Gasteiger partial charge in [-0.2, -0.15) is 0 Å². The van der Waals surface area contributed by atoms with Gasteiger partial charge in [-0.05, 0) is 57.9 Å². The van der Waals surface area contributed by atoms with Crippen LogP contribution in [0.3, 0.4) is 0 Å². The molecule has 4 rings (SSSR count). The minimum Gasteiger partial charge on any atom is -0.450 e. The molecule has 0 aliphatic rings. The first-order valence-electron chi connectivity index (χ1n) is 11.7. The zero-order valence-corrected chi connectivity index (χ0v) is 23.3. The van der Waals surface area contributed by atoms with Gasteiger partial charge in [0, 0.05) is 31.5 Å². The predicted octanol–water partition coefficient (Wildman–Crippen LogP) is 7.33. The molecular formula is C27H27BrF2N2O4Si. The van der Waals surface area contributed by atoms with Crippen LogP contribution in [0.15, 0.2) is 65.4 Å². The third kappa shape index (κ3) is 7.03. The summed E-state index contributed by atoms with van der Waals surface area (Å²) < 4.78 is 49.0. The van der Waals surface area contributed by atoms with E-state index in [0.29, 0.717) is 34.6 Å². The molecule has 0 radical (unpaired) electrons. The Morgan fingerprint density at radius 1 is 1.08 bits per heavy atom. The molecule has 2 aromatic carbocycles. The van der Waals surface area contributed by atoms with Crippen molar-refractivity contribution >= 4 is 41.0 Å². The van der Waals surface area contributed by atoms with E-state index in [1.54, 1.807) is 36.5 Å². The summed E-state index contributed by atoms with van der Waals surface area (Å²) in [6.07, 6.45) is 3.01. The van der Waals surface area contributed by atoms with Gasteiger partial charge in [0.15, 0.2) is 17.4 Å². The fraction of sp³-hybridized carbons (Fsp3) is 0.259. The van der Waals surface area contributed by atoms with Crippen molar-refractivity contribution in [2.75, 3.05) is 6.61 Å². The van der Waals surface area contributed by atoms with Crippen molar-refractivity contribution in [3.8, 4) is 17.2 Å². The molecule has 6 nitrogen and oxygen atoms in total. The summed E-state index contributed by atoms with van der Waals surface area (Å²) in [5.74, 6) is -2.48. The van der Waals surface area contributed by atoms with Gasteiger partial charge in [0.2, 0.25) is 0 Å². The monoisotopic (exact) mass is 588 g/mol. The van der Waals surface area contributed by atoms with Crippen LogP contribution in [0, 0.1) is 11.6 Å². The minimum absolute atomic E-state index is 0.131. The van der Waals surface area contributed by atoms with Crippen LogP contribution in [-0.4, -0.2) is 30.2 Å². The number of nitrogens with zero attached hydrogens (tertiary/aromatic N) is 2. The number of carbonyl (C=O) groups is 1. The van der Waals surface area contributed by atoms with Crippen molar-refractivity contribution in [3.63, 3.8) is 0 Å². The summed E-state index contributed by atoms with van der Waals surface area (Å²) >= 11 is 3.50. The van der Waals surface area contributed by atoms with E-state index in [1.165, 1.54) is 12.3 Å². The number of hydrogen-bond donors (Lipinski definition) is 0. The molecule has 0 spiro atoms. The number of halogens is 3. The summed E-state index contributed by atoms with van der Waals surface area (Å²) in [6.45, 7) is 7.78. The second kappa shape index (κ2) is 11.5. The number of benzene rings is 2. The van der Waals surface area contributed by atoms with Gasteiger partial charge < -0.3 is 18.8 Å². The zero-order chi connectivity index (χ0) is 26.6. The minimum atomic E-state index is -1.21. The standard InChI is InChI=1S/C27H27BrF2N2O4Si/c1-37(2,3)12-11-34-17-32-16-20(28)25-23(9-10-31-27(25)32)36-26-21(29)13-18(14-22(26)30)15-24(33)35-19-7-5-4-6-8-19/h4-10,13-14,16H,11-12,15,17H2,1-3H3. The third-order valence-electron chi connectivity index (χ3n) is 5.49. The maximum absolute atomic E-state index is 14.9. The maximum Gasteiger partial charge on any atom is 0.315 e. The molecule has 0 aliphatic carbocycles. The first-order valence-corrected chi connectivity index (χ1v) is 16.2. The number of carbonyl (C=O) groups excluding carboxylic acids is 1. The molecule has 2 heterocycles. The van der Waals surface area contributed by atoms with Crippen molar-refractivity contribution in [3.05, 3.63) is 82.6 Å². The predicted molar refractivity (Wildman–Crippen MR) is 144 cm³/mol. The van der Waals surface area contributed by atoms with E-state index in [-0.39, 0.29) is 17.7 Å². The van der Waals surface area contributed by atoms with Gasteiger partial charge in [0.05, 0.1) is 11.8 Å². The maximum atomic E-state index is 14.9. The molecule has 0 amide bonds. The highest BCUT2D eigenvalue weighted by atomic mass is 79.9. The lowest BCUT2D eigenvalue weighted by molar-refractivity contribution is -0.133. The summed E-state index contributed by atoms with van der Waals surface area (Å²) in [4.78, 5) is 16.6. The smallest absolute Gasteiger partial charge is 0.315 e. The molecule has 0 atom stereocenters. The van der Waals surface area contributed by atoms with E-state index < -0.39 is 31.4 Å². The van der Waals surface area contributed by atoms with Crippen molar-refractivity contribution < 1.29 is 27.8 Å². The fourth-order valence-corrected chi connectivity index (χ4v) is 4.98. The second-order valence-electron chi connectivity index (χ2n) is 9.76. The average molecular weight is 590 g/mol. The number of ether oxygens (including phenoxy) is 3. The van der Waals surface area contributed by atoms with Crippen molar-refractivity contribution in [2.45, 2.75) is 38.8 Å². The van der Waals surface area contributed by atoms with Crippen molar-refractivity contribution in [2.24, 2.45) is 0 Å². The second-order valence-corrected chi connectivity index (χ2v) is 16.2. The van der Waals surface area contributed by atoms with E-state index in [9.17, 15) is 13.6 Å². The number of pyridine rings is 1. The largest absolute Gasteiger partial charge is 0.450 e. The van der Waals surface area contributed by atoms with E-state index in [1.807, 2.05) is 4.57 Å². The molecule has 0 unspecified atom stereocenters. The van der Waals surface area contributed by atoms with Crippen LogP contribution in [-0.2, 0) is 22.7 Å². The lowest BCUT2D eigenvalue weighted by Gasteiger charge is -2.15. The Morgan fingerprint density at radius 2 is 1.78 bits per heavy atom. The van der Waals surface area contributed by atoms with Crippen molar-refractivity contribution in [1.29, 1.82) is 0 Å². The Morgan fingerprint density at radius 3 is 2.46 bits per heavy atom. The normalized spacial score (nSPS) is 11.6. The number of para-hydroxylation sites is 1. The Hall–Kier alpha value is -3.08. The van der Waals surface area contributed by atoms with Crippen molar-refractivity contribution in [1.82, 2.24) is 9.55 Å². The highest BCUT2D eigenvalue weighted by Gasteiger charge is 2.20. The summed E-state index contributed by atoms with van der Waals surface area (Å²) in [5, 5.41) is 0.561. The highest BCUT2D eigenvalue weighted by molar-refractivity contribution is 9.10. The molecular weight excluding hydrogens is 562 g/mol. The van der Waals surface area contributed by atoms with Gasteiger partial charge in [-0.3, -0.25) is 4.79 Å². The van der Waals surface area contributed by atoms with Crippen LogP contribution in [0.4, 0.5) is 8.78 Å². The lowest BCUT2D eigenvalue weighted by atomic mass is 10.1. The molecule has 2 aromatic heterocycles. The van der Waals surface area contributed by atoms with Crippen LogP contribution in [0.1, 0.15) is 5.56 Å². The Labute approximate surface area is 223 Å². The average Bonchev–Trinajstić information content (AvgIpc) is 3.15. The fourth-order valence-electron chi connectivity index (χ4n) is 3.61.